The molecule has 0 aromatic carbocycles. The molecule has 0 saturated carbocycles. The van der Waals surface area contributed by atoms with Crippen LogP contribution in [0.2, 0.25) is 0 Å². The zero-order valence-electron chi connectivity index (χ0n) is 7.03. The van der Waals surface area contributed by atoms with Gasteiger partial charge in [-0.15, -0.1) is 0 Å². The Hall–Kier alpha value is -1.62. The first kappa shape index (κ1) is 8.00. The van der Waals surface area contributed by atoms with Gasteiger partial charge in [0.25, 0.3) is 5.56 Å². The lowest BCUT2D eigenvalue weighted by Crippen LogP contribution is -2.07. The van der Waals surface area contributed by atoms with Gasteiger partial charge in [-0.05, 0) is 12.6 Å². The molecule has 2 aromatic rings. The Balaban J connectivity index is 2.55. The number of nitrogens with zero attached hydrogens (tertiary/aromatic N) is 2. The van der Waals surface area contributed by atoms with Gasteiger partial charge in [0.1, 0.15) is 0 Å². The highest BCUT2D eigenvalue weighted by Crippen LogP contribution is 2.00. The Labute approximate surface area is 74.2 Å². The molecule has 68 valence electrons. The van der Waals surface area contributed by atoms with E-state index >= 15 is 0 Å². The molecule has 2 rings (SSSR count). The van der Waals surface area contributed by atoms with Crippen LogP contribution in [0.25, 0.3) is 5.65 Å². The van der Waals surface area contributed by atoms with Crippen molar-refractivity contribution >= 4 is 5.65 Å². The molecule has 0 spiro atoms. The van der Waals surface area contributed by atoms with E-state index in [0.717, 1.165) is 17.8 Å². The molecular formula is C8H10N4O. The molecule has 0 fully saturated rings. The molecule has 2 aromatic heterocycles. The van der Waals surface area contributed by atoms with E-state index in [2.05, 4.69) is 10.1 Å². The molecule has 0 aliphatic rings. The van der Waals surface area contributed by atoms with E-state index in [-0.39, 0.29) is 5.56 Å². The molecule has 0 unspecified atom stereocenters. The van der Waals surface area contributed by atoms with Gasteiger partial charge in [-0.3, -0.25) is 9.89 Å². The molecule has 13 heavy (non-hydrogen) atoms. The van der Waals surface area contributed by atoms with Crippen LogP contribution in [0.5, 0.6) is 0 Å². The first-order valence-corrected chi connectivity index (χ1v) is 4.07. The van der Waals surface area contributed by atoms with E-state index in [1.54, 1.807) is 16.8 Å². The minimum atomic E-state index is -0.135. The molecule has 5 nitrogen and oxygen atoms in total. The Kier molecular flexibility index (Phi) is 1.86. The fourth-order valence-electron chi connectivity index (χ4n) is 1.23. The van der Waals surface area contributed by atoms with Crippen LogP contribution in [0.1, 0.15) is 5.69 Å². The smallest absolute Gasteiger partial charge is 0.262 e. The van der Waals surface area contributed by atoms with Gasteiger partial charge in [-0.2, -0.15) is 0 Å². The van der Waals surface area contributed by atoms with E-state index in [9.17, 15) is 4.79 Å². The van der Waals surface area contributed by atoms with Crippen molar-refractivity contribution in [1.29, 1.82) is 0 Å². The summed E-state index contributed by atoms with van der Waals surface area (Å²) in [4.78, 5) is 15.2. The van der Waals surface area contributed by atoms with Crippen LogP contribution in [0.15, 0.2) is 23.1 Å². The topological polar surface area (TPSA) is 76.2 Å². The molecule has 5 heteroatoms. The maximum atomic E-state index is 10.9. The van der Waals surface area contributed by atoms with Crippen LogP contribution < -0.4 is 11.3 Å². The number of hydrogen-bond acceptors (Lipinski definition) is 3. The number of hydrogen-bond donors (Lipinski definition) is 2. The summed E-state index contributed by atoms with van der Waals surface area (Å²) >= 11 is 0. The van der Waals surface area contributed by atoms with Crippen LogP contribution in [0.3, 0.4) is 0 Å². The Morgan fingerprint density at radius 1 is 1.54 bits per heavy atom. The largest absolute Gasteiger partial charge is 0.330 e. The van der Waals surface area contributed by atoms with Crippen LogP contribution in [-0.4, -0.2) is 21.1 Å². The van der Waals surface area contributed by atoms with Crippen LogP contribution in [-0.2, 0) is 6.42 Å². The van der Waals surface area contributed by atoms with E-state index in [0.29, 0.717) is 6.54 Å². The number of rotatable bonds is 2. The zero-order chi connectivity index (χ0) is 9.26. The highest BCUT2D eigenvalue weighted by Gasteiger charge is 1.99. The summed E-state index contributed by atoms with van der Waals surface area (Å²) in [5, 5.41) is 2.63. The van der Waals surface area contributed by atoms with Gasteiger partial charge in [0.05, 0.1) is 11.9 Å². The predicted octanol–water partition coefficient (Wildman–Crippen LogP) is -0.476. The predicted molar refractivity (Wildman–Crippen MR) is 48.6 cm³/mol. The van der Waals surface area contributed by atoms with Crippen molar-refractivity contribution < 1.29 is 0 Å². The second kappa shape index (κ2) is 3.02. The monoisotopic (exact) mass is 178 g/mol. The molecule has 0 bridgehead atoms. The number of aromatic amines is 1. The Morgan fingerprint density at radius 2 is 2.38 bits per heavy atom. The van der Waals surface area contributed by atoms with Crippen molar-refractivity contribution in [2.45, 2.75) is 6.42 Å². The van der Waals surface area contributed by atoms with E-state index < -0.39 is 0 Å². The number of aromatic nitrogens is 3. The molecular weight excluding hydrogens is 168 g/mol. The van der Waals surface area contributed by atoms with E-state index in [1.807, 2.05) is 0 Å². The van der Waals surface area contributed by atoms with Crippen LogP contribution in [0, 0.1) is 0 Å². The van der Waals surface area contributed by atoms with Gasteiger partial charge < -0.3 is 5.73 Å². The fourth-order valence-corrected chi connectivity index (χ4v) is 1.23. The summed E-state index contributed by atoms with van der Waals surface area (Å²) in [6.45, 7) is 0.564. The second-order valence-electron chi connectivity index (χ2n) is 2.81. The van der Waals surface area contributed by atoms with Gasteiger partial charge in [-0.1, -0.05) is 0 Å². The standard InChI is InChI=1S/C8H10N4O/c9-4-3-6-5-12-7(10-6)1-2-8(13)11-12/h1-2,5H,3-4,9H2,(H,11,13). The molecule has 0 radical (unpaired) electrons. The molecule has 0 aliphatic carbocycles. The minimum absolute atomic E-state index is 0.135. The lowest BCUT2D eigenvalue weighted by atomic mass is 10.3. The Bertz CT molecular complexity index is 470. The van der Waals surface area contributed by atoms with Gasteiger partial charge >= 0.3 is 0 Å². The summed E-state index contributed by atoms with van der Waals surface area (Å²) in [5.74, 6) is 0. The zero-order valence-corrected chi connectivity index (χ0v) is 7.03. The number of H-pyrrole nitrogens is 1. The van der Waals surface area contributed by atoms with Crippen molar-refractivity contribution in [3.63, 3.8) is 0 Å². The van der Waals surface area contributed by atoms with Gasteiger partial charge in [0, 0.05) is 12.5 Å². The number of imidazole rings is 1. The normalized spacial score (nSPS) is 10.8. The molecule has 0 aliphatic heterocycles. The Morgan fingerprint density at radius 3 is 3.15 bits per heavy atom. The summed E-state index contributed by atoms with van der Waals surface area (Å²) in [7, 11) is 0. The van der Waals surface area contributed by atoms with Crippen molar-refractivity contribution in [2.75, 3.05) is 6.54 Å². The summed E-state index contributed by atoms with van der Waals surface area (Å²) in [5.41, 5.74) is 6.89. The lowest BCUT2D eigenvalue weighted by molar-refractivity contribution is 0.894. The molecule has 3 N–H and O–H groups in total. The SMILES string of the molecule is NCCc1cn2[nH]c(=O)ccc2n1. The molecule has 0 saturated heterocycles. The van der Waals surface area contributed by atoms with Gasteiger partial charge in [0.15, 0.2) is 5.65 Å². The average molecular weight is 178 g/mol. The van der Waals surface area contributed by atoms with E-state index in [4.69, 9.17) is 5.73 Å². The van der Waals surface area contributed by atoms with Crippen molar-refractivity contribution in [3.8, 4) is 0 Å². The highest BCUT2D eigenvalue weighted by molar-refractivity contribution is 5.37. The number of fused-ring (bicyclic) bond motifs is 1. The van der Waals surface area contributed by atoms with E-state index in [1.165, 1.54) is 6.07 Å². The highest BCUT2D eigenvalue weighted by atomic mass is 16.1. The van der Waals surface area contributed by atoms with Crippen molar-refractivity contribution in [2.24, 2.45) is 5.73 Å². The maximum absolute atomic E-state index is 10.9. The maximum Gasteiger partial charge on any atom is 0.262 e. The minimum Gasteiger partial charge on any atom is -0.330 e. The second-order valence-corrected chi connectivity index (χ2v) is 2.81. The summed E-state index contributed by atoms with van der Waals surface area (Å²) in [6.07, 6.45) is 2.51. The quantitative estimate of drug-likeness (QED) is 0.652. The van der Waals surface area contributed by atoms with Gasteiger partial charge in [0.2, 0.25) is 0 Å². The summed E-state index contributed by atoms with van der Waals surface area (Å²) in [6, 6.07) is 3.13. The van der Waals surface area contributed by atoms with Crippen molar-refractivity contribution in [1.82, 2.24) is 14.6 Å². The third kappa shape index (κ3) is 1.46. The number of nitrogens with two attached hydrogens (primary N) is 1. The third-order valence-electron chi connectivity index (χ3n) is 1.80. The first-order valence-electron chi connectivity index (χ1n) is 4.07. The van der Waals surface area contributed by atoms with Crippen LogP contribution >= 0.6 is 0 Å². The van der Waals surface area contributed by atoms with Crippen molar-refractivity contribution in [3.05, 3.63) is 34.4 Å². The average Bonchev–Trinajstić information content (AvgIpc) is 2.46. The summed E-state index contributed by atoms with van der Waals surface area (Å²) < 4.78 is 1.60. The molecule has 2 heterocycles. The van der Waals surface area contributed by atoms with Gasteiger partial charge in [-0.25, -0.2) is 9.50 Å². The first-order chi connectivity index (χ1) is 6.29. The lowest BCUT2D eigenvalue weighted by Gasteiger charge is -1.88. The third-order valence-corrected chi connectivity index (χ3v) is 1.80. The molecule has 0 atom stereocenters. The fraction of sp³-hybridized carbons (Fsp3) is 0.250. The number of nitrogens with one attached hydrogen (secondary N) is 1. The molecule has 0 amide bonds. The van der Waals surface area contributed by atoms with Crippen LogP contribution in [0.4, 0.5) is 0 Å².